The van der Waals surface area contributed by atoms with Gasteiger partial charge in [-0.2, -0.15) is 4.99 Å². The van der Waals surface area contributed by atoms with Gasteiger partial charge in [-0.15, -0.1) is 10.2 Å². The third-order valence-electron chi connectivity index (χ3n) is 2.96. The van der Waals surface area contributed by atoms with Gasteiger partial charge in [0.15, 0.2) is 11.5 Å². The number of fused-ring (bicyclic) bond motifs is 1. The second kappa shape index (κ2) is 6.61. The lowest BCUT2D eigenvalue weighted by Crippen LogP contribution is -2.25. The minimum Gasteiger partial charge on any atom is -0.454 e. The lowest BCUT2D eigenvalue weighted by molar-refractivity contribution is -0.118. The number of amidine groups is 1. The number of nitrogens with zero attached hydrogens (tertiary/aromatic N) is 3. The van der Waals surface area contributed by atoms with Crippen molar-refractivity contribution in [1.82, 2.24) is 5.32 Å². The number of aliphatic imine (C=N–C) groups is 1. The number of rotatable bonds is 4. The number of ether oxygens (including phenoxy) is 2. The zero-order chi connectivity index (χ0) is 16.2. The Hall–Kier alpha value is -2.68. The van der Waals surface area contributed by atoms with Crippen LogP contribution >= 0.6 is 11.8 Å². The van der Waals surface area contributed by atoms with Crippen molar-refractivity contribution < 1.29 is 19.1 Å². The molecule has 0 unspecified atom stereocenters. The molecule has 2 amide bonds. The predicted octanol–water partition coefficient (Wildman–Crippen LogP) is 1.63. The van der Waals surface area contributed by atoms with Gasteiger partial charge >= 0.3 is 0 Å². The van der Waals surface area contributed by atoms with E-state index in [2.05, 4.69) is 27.1 Å². The van der Waals surface area contributed by atoms with E-state index in [1.807, 2.05) is 12.1 Å². The molecule has 0 bridgehead atoms. The van der Waals surface area contributed by atoms with Crippen molar-refractivity contribution in [3.05, 3.63) is 36.0 Å². The van der Waals surface area contributed by atoms with Gasteiger partial charge in [-0.25, -0.2) is 0 Å². The number of hydrogen-bond acceptors (Lipinski definition) is 7. The summed E-state index contributed by atoms with van der Waals surface area (Å²) < 4.78 is 10.5. The Morgan fingerprint density at radius 2 is 2.13 bits per heavy atom. The van der Waals surface area contributed by atoms with Gasteiger partial charge in [0.25, 0.3) is 5.91 Å². The number of hydrogen-bond donors (Lipinski definition) is 1. The summed E-state index contributed by atoms with van der Waals surface area (Å²) in [7, 11) is 0. The molecule has 1 N–H and O–H groups in total. The van der Waals surface area contributed by atoms with E-state index in [-0.39, 0.29) is 29.3 Å². The van der Waals surface area contributed by atoms with E-state index in [0.29, 0.717) is 18.0 Å². The molecule has 0 saturated heterocycles. The Labute approximate surface area is 135 Å². The molecule has 23 heavy (non-hydrogen) atoms. The van der Waals surface area contributed by atoms with Crippen LogP contribution in [0.2, 0.25) is 0 Å². The molecule has 2 aliphatic rings. The van der Waals surface area contributed by atoms with E-state index in [9.17, 15) is 9.59 Å². The summed E-state index contributed by atoms with van der Waals surface area (Å²) in [6, 6.07) is 5.47. The number of amides is 2. The molecule has 0 saturated carbocycles. The SMILES string of the molecule is C=C1N=NC(SCC(=O)NCc2ccc3c(c2)OCO3)=NC1=O. The number of carbonyl (C=O) groups excluding carboxylic acids is 2. The van der Waals surface area contributed by atoms with Crippen LogP contribution in [0.4, 0.5) is 0 Å². The molecule has 0 aromatic heterocycles. The number of azo groups is 1. The summed E-state index contributed by atoms with van der Waals surface area (Å²) >= 11 is 1.04. The lowest BCUT2D eigenvalue weighted by atomic mass is 10.2. The normalized spacial score (nSPS) is 15.6. The fourth-order valence-corrected chi connectivity index (χ4v) is 2.42. The van der Waals surface area contributed by atoms with Gasteiger partial charge in [-0.3, -0.25) is 9.59 Å². The van der Waals surface area contributed by atoms with Crippen LogP contribution in [0.3, 0.4) is 0 Å². The quantitative estimate of drug-likeness (QED) is 0.844. The van der Waals surface area contributed by atoms with Crippen molar-refractivity contribution in [2.45, 2.75) is 6.54 Å². The first-order valence-electron chi connectivity index (χ1n) is 6.63. The van der Waals surface area contributed by atoms with Crippen LogP contribution in [-0.4, -0.2) is 29.5 Å². The topological polar surface area (TPSA) is 102 Å². The third kappa shape index (κ3) is 3.75. The van der Waals surface area contributed by atoms with Crippen LogP contribution < -0.4 is 14.8 Å². The Morgan fingerprint density at radius 3 is 2.96 bits per heavy atom. The van der Waals surface area contributed by atoms with Crippen LogP contribution in [0, 0.1) is 0 Å². The zero-order valence-corrected chi connectivity index (χ0v) is 12.8. The molecule has 0 radical (unpaired) electrons. The van der Waals surface area contributed by atoms with Gasteiger partial charge in [-0.05, 0) is 17.7 Å². The minimum absolute atomic E-state index is 0.0124. The molecule has 0 atom stereocenters. The van der Waals surface area contributed by atoms with Crippen molar-refractivity contribution in [2.75, 3.05) is 12.5 Å². The second-order valence-corrected chi connectivity index (χ2v) is 5.54. The van der Waals surface area contributed by atoms with E-state index < -0.39 is 5.91 Å². The number of thioether (sulfide) groups is 1. The summed E-state index contributed by atoms with van der Waals surface area (Å²) in [4.78, 5) is 26.8. The molecular formula is C14H12N4O4S. The Bertz CT molecular complexity index is 744. The van der Waals surface area contributed by atoms with Crippen molar-refractivity contribution in [3.8, 4) is 11.5 Å². The molecule has 9 heteroatoms. The van der Waals surface area contributed by atoms with Gasteiger partial charge in [0.2, 0.25) is 17.9 Å². The predicted molar refractivity (Wildman–Crippen MR) is 83.3 cm³/mol. The number of nitrogens with one attached hydrogen (secondary N) is 1. The van der Waals surface area contributed by atoms with Gasteiger partial charge in [0.05, 0.1) is 5.75 Å². The van der Waals surface area contributed by atoms with E-state index in [4.69, 9.17) is 9.47 Å². The molecule has 2 heterocycles. The lowest BCUT2D eigenvalue weighted by Gasteiger charge is -2.07. The fourth-order valence-electron chi connectivity index (χ4n) is 1.81. The number of benzene rings is 1. The largest absolute Gasteiger partial charge is 0.454 e. The molecule has 1 aromatic carbocycles. The minimum atomic E-state index is -0.539. The van der Waals surface area contributed by atoms with Crippen LogP contribution in [-0.2, 0) is 16.1 Å². The van der Waals surface area contributed by atoms with E-state index in [0.717, 1.165) is 17.3 Å². The zero-order valence-electron chi connectivity index (χ0n) is 11.9. The van der Waals surface area contributed by atoms with Crippen LogP contribution in [0.25, 0.3) is 0 Å². The first-order chi connectivity index (χ1) is 11.1. The molecule has 3 rings (SSSR count). The average molecular weight is 332 g/mol. The maximum absolute atomic E-state index is 11.8. The van der Waals surface area contributed by atoms with Crippen molar-refractivity contribution in [3.63, 3.8) is 0 Å². The highest BCUT2D eigenvalue weighted by Gasteiger charge is 2.15. The molecule has 0 spiro atoms. The Morgan fingerprint density at radius 1 is 1.30 bits per heavy atom. The summed E-state index contributed by atoms with van der Waals surface area (Å²) in [5, 5.41) is 10.2. The molecule has 118 valence electrons. The molecular weight excluding hydrogens is 320 g/mol. The molecule has 1 aromatic rings. The standard InChI is InChI=1S/C14H12N4O4S/c1-8-13(20)16-14(18-17-8)23-6-12(19)15-5-9-2-3-10-11(4-9)22-7-21-10/h2-4H,1,5-7H2,(H,15,19). The highest BCUT2D eigenvalue weighted by molar-refractivity contribution is 8.14. The fraction of sp³-hybridized carbons (Fsp3) is 0.214. The summed E-state index contributed by atoms with van der Waals surface area (Å²) in [6.07, 6.45) is 0. The third-order valence-corrected chi connectivity index (χ3v) is 3.80. The van der Waals surface area contributed by atoms with Crippen molar-refractivity contribution >= 4 is 28.7 Å². The smallest absolute Gasteiger partial charge is 0.299 e. The molecule has 2 aliphatic heterocycles. The summed E-state index contributed by atoms with van der Waals surface area (Å²) in [5.41, 5.74) is 0.885. The second-order valence-electron chi connectivity index (χ2n) is 4.60. The average Bonchev–Trinajstić information content (AvgIpc) is 3.01. The van der Waals surface area contributed by atoms with E-state index in [1.165, 1.54) is 0 Å². The monoisotopic (exact) mass is 332 g/mol. The van der Waals surface area contributed by atoms with Gasteiger partial charge < -0.3 is 14.8 Å². The Balaban J connectivity index is 1.47. The molecule has 0 aliphatic carbocycles. The summed E-state index contributed by atoms with van der Waals surface area (Å²) in [6.45, 7) is 3.96. The first kappa shape index (κ1) is 15.2. The van der Waals surface area contributed by atoms with E-state index >= 15 is 0 Å². The van der Waals surface area contributed by atoms with Gasteiger partial charge in [0, 0.05) is 6.54 Å². The van der Waals surface area contributed by atoms with Crippen LogP contribution in [0.15, 0.2) is 45.7 Å². The molecule has 8 nitrogen and oxygen atoms in total. The Kier molecular flexibility index (Phi) is 4.38. The maximum atomic E-state index is 11.8. The highest BCUT2D eigenvalue weighted by Crippen LogP contribution is 2.32. The summed E-state index contributed by atoms with van der Waals surface area (Å²) in [5.74, 6) is 0.706. The van der Waals surface area contributed by atoms with Crippen molar-refractivity contribution in [1.29, 1.82) is 0 Å². The van der Waals surface area contributed by atoms with Gasteiger partial charge in [-0.1, -0.05) is 24.4 Å². The van der Waals surface area contributed by atoms with Crippen LogP contribution in [0.1, 0.15) is 5.56 Å². The first-order valence-corrected chi connectivity index (χ1v) is 7.62. The van der Waals surface area contributed by atoms with Gasteiger partial charge in [0.1, 0.15) is 5.70 Å². The highest BCUT2D eigenvalue weighted by atomic mass is 32.2. The maximum Gasteiger partial charge on any atom is 0.299 e. The number of carbonyl (C=O) groups is 2. The molecule has 0 fully saturated rings. The van der Waals surface area contributed by atoms with Crippen molar-refractivity contribution in [2.24, 2.45) is 15.2 Å². The van der Waals surface area contributed by atoms with E-state index in [1.54, 1.807) is 6.07 Å². The van der Waals surface area contributed by atoms with Crippen LogP contribution in [0.5, 0.6) is 11.5 Å².